The summed E-state index contributed by atoms with van der Waals surface area (Å²) in [6.45, 7) is 0. The summed E-state index contributed by atoms with van der Waals surface area (Å²) in [5.74, 6) is -0.198. The highest BCUT2D eigenvalue weighted by Crippen LogP contribution is 2.35. The van der Waals surface area contributed by atoms with Crippen molar-refractivity contribution < 1.29 is 4.79 Å². The van der Waals surface area contributed by atoms with Crippen molar-refractivity contribution in [3.8, 4) is 5.69 Å². The third-order valence-electron chi connectivity index (χ3n) is 3.67. The van der Waals surface area contributed by atoms with Gasteiger partial charge in [-0.15, -0.1) is 11.3 Å². The lowest BCUT2D eigenvalue weighted by atomic mass is 10.2. The summed E-state index contributed by atoms with van der Waals surface area (Å²) in [6, 6.07) is 15.3. The highest BCUT2D eigenvalue weighted by molar-refractivity contribution is 7.21. The molecule has 0 aliphatic heterocycles. The number of benzene rings is 2. The molecule has 2 aromatic carbocycles. The highest BCUT2D eigenvalue weighted by atomic mass is 35.5. The highest BCUT2D eigenvalue weighted by Gasteiger charge is 2.16. The molecule has 24 heavy (non-hydrogen) atoms. The van der Waals surface area contributed by atoms with E-state index in [0.717, 1.165) is 21.5 Å². The Bertz CT molecular complexity index is 1010. The SMILES string of the molecule is O=C(Nc1ccc(-n2ccnc2)cc1)c1sc2ccccc2c1Cl. The second-order valence-electron chi connectivity index (χ2n) is 5.21. The van der Waals surface area contributed by atoms with Crippen molar-refractivity contribution in [2.24, 2.45) is 0 Å². The van der Waals surface area contributed by atoms with E-state index in [1.54, 1.807) is 12.5 Å². The Balaban J connectivity index is 1.58. The molecule has 0 bridgehead atoms. The number of amides is 1. The van der Waals surface area contributed by atoms with Gasteiger partial charge in [0.1, 0.15) is 4.88 Å². The van der Waals surface area contributed by atoms with Crippen LogP contribution < -0.4 is 5.32 Å². The van der Waals surface area contributed by atoms with Gasteiger partial charge in [-0.1, -0.05) is 29.8 Å². The van der Waals surface area contributed by atoms with Crippen LogP contribution >= 0.6 is 22.9 Å². The maximum Gasteiger partial charge on any atom is 0.267 e. The van der Waals surface area contributed by atoms with E-state index in [-0.39, 0.29) is 5.91 Å². The van der Waals surface area contributed by atoms with Crippen molar-refractivity contribution in [2.45, 2.75) is 0 Å². The Morgan fingerprint density at radius 3 is 2.62 bits per heavy atom. The van der Waals surface area contributed by atoms with Crippen LogP contribution in [0.5, 0.6) is 0 Å². The number of hydrogen-bond donors (Lipinski definition) is 1. The smallest absolute Gasteiger partial charge is 0.267 e. The maximum atomic E-state index is 12.5. The molecule has 0 fully saturated rings. The summed E-state index contributed by atoms with van der Waals surface area (Å²) in [5, 5.41) is 4.30. The lowest BCUT2D eigenvalue weighted by molar-refractivity contribution is 0.103. The number of anilines is 1. The number of thiophene rings is 1. The molecule has 0 spiro atoms. The summed E-state index contributed by atoms with van der Waals surface area (Å²) >= 11 is 7.75. The molecule has 2 aromatic heterocycles. The predicted octanol–water partition coefficient (Wildman–Crippen LogP) is 4.99. The monoisotopic (exact) mass is 353 g/mol. The Morgan fingerprint density at radius 2 is 1.92 bits per heavy atom. The van der Waals surface area contributed by atoms with Gasteiger partial charge >= 0.3 is 0 Å². The maximum absolute atomic E-state index is 12.5. The molecule has 1 N–H and O–H groups in total. The molecule has 4 aromatic rings. The van der Waals surface area contributed by atoms with Gasteiger partial charge in [-0.25, -0.2) is 4.98 Å². The molecule has 0 aliphatic carbocycles. The summed E-state index contributed by atoms with van der Waals surface area (Å²) in [6.07, 6.45) is 5.31. The third-order valence-corrected chi connectivity index (χ3v) is 5.34. The Kier molecular flexibility index (Phi) is 3.80. The number of imidazole rings is 1. The molecular weight excluding hydrogens is 342 g/mol. The molecule has 2 heterocycles. The van der Waals surface area contributed by atoms with Crippen LogP contribution in [-0.4, -0.2) is 15.5 Å². The zero-order chi connectivity index (χ0) is 16.5. The number of aromatic nitrogens is 2. The number of nitrogens with one attached hydrogen (secondary N) is 1. The Labute approximate surface area is 147 Å². The number of carbonyl (C=O) groups is 1. The fourth-order valence-electron chi connectivity index (χ4n) is 2.48. The fraction of sp³-hybridized carbons (Fsp3) is 0. The van der Waals surface area contributed by atoms with Crippen LogP contribution in [0.1, 0.15) is 9.67 Å². The summed E-state index contributed by atoms with van der Waals surface area (Å²) < 4.78 is 2.90. The van der Waals surface area contributed by atoms with Crippen molar-refractivity contribution in [1.82, 2.24) is 9.55 Å². The topological polar surface area (TPSA) is 46.9 Å². The molecule has 118 valence electrons. The number of hydrogen-bond acceptors (Lipinski definition) is 3. The molecule has 4 nitrogen and oxygen atoms in total. The first-order chi connectivity index (χ1) is 11.7. The van der Waals surface area contributed by atoms with E-state index < -0.39 is 0 Å². The molecule has 0 unspecified atom stereocenters. The van der Waals surface area contributed by atoms with Gasteiger partial charge in [-0.05, 0) is 30.3 Å². The van der Waals surface area contributed by atoms with Gasteiger partial charge < -0.3 is 9.88 Å². The van der Waals surface area contributed by atoms with Gasteiger partial charge in [0.2, 0.25) is 0 Å². The third kappa shape index (κ3) is 2.68. The zero-order valence-electron chi connectivity index (χ0n) is 12.4. The van der Waals surface area contributed by atoms with Crippen LogP contribution in [0.2, 0.25) is 5.02 Å². The van der Waals surface area contributed by atoms with Crippen LogP contribution in [0.25, 0.3) is 15.8 Å². The normalized spacial score (nSPS) is 10.9. The van der Waals surface area contributed by atoms with Crippen LogP contribution in [0.3, 0.4) is 0 Å². The number of fused-ring (bicyclic) bond motifs is 1. The number of carbonyl (C=O) groups excluding carboxylic acids is 1. The largest absolute Gasteiger partial charge is 0.321 e. The minimum absolute atomic E-state index is 0.198. The average Bonchev–Trinajstić information content (AvgIpc) is 3.24. The van der Waals surface area contributed by atoms with Crippen molar-refractivity contribution in [2.75, 3.05) is 5.32 Å². The zero-order valence-corrected chi connectivity index (χ0v) is 14.0. The van der Waals surface area contributed by atoms with Crippen molar-refractivity contribution >= 4 is 44.6 Å². The minimum Gasteiger partial charge on any atom is -0.321 e. The lowest BCUT2D eigenvalue weighted by Gasteiger charge is -2.06. The van der Waals surface area contributed by atoms with Crippen LogP contribution in [-0.2, 0) is 0 Å². The predicted molar refractivity (Wildman–Crippen MR) is 98.4 cm³/mol. The number of halogens is 1. The first-order valence-corrected chi connectivity index (χ1v) is 8.48. The van der Waals surface area contributed by atoms with Gasteiger partial charge in [0.15, 0.2) is 0 Å². The lowest BCUT2D eigenvalue weighted by Crippen LogP contribution is -2.10. The van der Waals surface area contributed by atoms with Crippen LogP contribution in [0.15, 0.2) is 67.3 Å². The quantitative estimate of drug-likeness (QED) is 0.563. The van der Waals surface area contributed by atoms with E-state index in [1.807, 2.05) is 59.3 Å². The molecule has 0 radical (unpaired) electrons. The molecule has 6 heteroatoms. The fourth-order valence-corrected chi connectivity index (χ4v) is 3.89. The van der Waals surface area contributed by atoms with E-state index >= 15 is 0 Å². The molecule has 0 saturated carbocycles. The van der Waals surface area contributed by atoms with E-state index in [0.29, 0.717) is 9.90 Å². The number of rotatable bonds is 3. The first-order valence-electron chi connectivity index (χ1n) is 7.29. The van der Waals surface area contributed by atoms with E-state index in [1.165, 1.54) is 11.3 Å². The second kappa shape index (κ2) is 6.11. The van der Waals surface area contributed by atoms with Gasteiger partial charge in [0.05, 0.1) is 11.3 Å². The molecule has 1 amide bonds. The molecule has 0 aliphatic rings. The molecular formula is C18H12ClN3OS. The van der Waals surface area contributed by atoms with Crippen LogP contribution in [0.4, 0.5) is 5.69 Å². The van der Waals surface area contributed by atoms with Gasteiger partial charge in [-0.2, -0.15) is 0 Å². The second-order valence-corrected chi connectivity index (χ2v) is 6.64. The van der Waals surface area contributed by atoms with Crippen molar-refractivity contribution in [3.63, 3.8) is 0 Å². The van der Waals surface area contributed by atoms with Gasteiger partial charge in [-0.3, -0.25) is 4.79 Å². The standard InChI is InChI=1S/C18H12ClN3OS/c19-16-14-3-1-2-4-15(14)24-17(16)18(23)21-12-5-7-13(8-6-12)22-10-9-20-11-22/h1-11H,(H,21,23). The number of nitrogens with zero attached hydrogens (tertiary/aromatic N) is 2. The molecule has 4 rings (SSSR count). The molecule has 0 atom stereocenters. The van der Waals surface area contributed by atoms with Crippen molar-refractivity contribution in [3.05, 3.63) is 77.2 Å². The van der Waals surface area contributed by atoms with E-state index in [9.17, 15) is 4.79 Å². The van der Waals surface area contributed by atoms with Gasteiger partial charge in [0.25, 0.3) is 5.91 Å². The Hall–Kier alpha value is -2.63. The van der Waals surface area contributed by atoms with Crippen LogP contribution in [0, 0.1) is 0 Å². The Morgan fingerprint density at radius 1 is 1.12 bits per heavy atom. The van der Waals surface area contributed by atoms with Crippen molar-refractivity contribution in [1.29, 1.82) is 0 Å². The summed E-state index contributed by atoms with van der Waals surface area (Å²) in [4.78, 5) is 17.1. The molecule has 0 saturated heterocycles. The van der Waals surface area contributed by atoms with Gasteiger partial charge in [0, 0.05) is 33.9 Å². The van der Waals surface area contributed by atoms with E-state index in [4.69, 9.17) is 11.6 Å². The summed E-state index contributed by atoms with van der Waals surface area (Å²) in [5.41, 5.74) is 1.70. The average molecular weight is 354 g/mol. The van der Waals surface area contributed by atoms with E-state index in [2.05, 4.69) is 10.3 Å². The minimum atomic E-state index is -0.198. The first kappa shape index (κ1) is 14.9. The summed E-state index contributed by atoms with van der Waals surface area (Å²) in [7, 11) is 0.